The molecule has 0 aliphatic rings. The van der Waals surface area contributed by atoms with Crippen molar-refractivity contribution in [3.05, 3.63) is 42.3 Å². The minimum absolute atomic E-state index is 1.08. The van der Waals surface area contributed by atoms with E-state index in [1.54, 1.807) is 0 Å². The van der Waals surface area contributed by atoms with Gasteiger partial charge in [-0.25, -0.2) is 0 Å². The molecule has 0 nitrogen and oxygen atoms in total. The predicted octanol–water partition coefficient (Wildman–Crippen LogP) is 2.18. The highest BCUT2D eigenvalue weighted by Gasteiger charge is 1.72. The zero-order chi connectivity index (χ0) is 5.98. The Hall–Kier alpha value is -0.910. The summed E-state index contributed by atoms with van der Waals surface area (Å²) in [6.45, 7) is 5.83. The van der Waals surface area contributed by atoms with Gasteiger partial charge < -0.3 is 0 Å². The number of hydrogen-bond donors (Lipinski definition) is 0. The lowest BCUT2D eigenvalue weighted by atomic mass is 10.2. The predicted molar refractivity (Wildman–Crippen MR) is 35.6 cm³/mol. The van der Waals surface area contributed by atoms with Gasteiger partial charge in [0.2, 0.25) is 0 Å². The first-order valence-electron chi connectivity index (χ1n) is 2.67. The van der Waals surface area contributed by atoms with Crippen molar-refractivity contribution in [2.24, 2.45) is 0 Å². The van der Waals surface area contributed by atoms with E-state index in [1.165, 1.54) is 5.56 Å². The quantitative estimate of drug-likeness (QED) is 0.443. The molecule has 0 saturated carbocycles. The summed E-state index contributed by atoms with van der Waals surface area (Å²) in [6, 6.07) is 8.13. The molecule has 1 rings (SSSR count). The second kappa shape index (κ2) is 1.91. The summed E-state index contributed by atoms with van der Waals surface area (Å²) in [7, 11) is 0. The largest absolute Gasteiger partial charge is 0.199 e. The smallest absolute Gasteiger partial charge is 0.0418 e. The van der Waals surface area contributed by atoms with E-state index in [0.717, 1.165) is 5.56 Å². The highest BCUT2D eigenvalue weighted by Crippen LogP contribution is 1.99. The van der Waals surface area contributed by atoms with Gasteiger partial charge in [0.25, 0.3) is 0 Å². The summed E-state index contributed by atoms with van der Waals surface area (Å²) < 4.78 is 0. The molecule has 0 aromatic heterocycles. The van der Waals surface area contributed by atoms with Crippen molar-refractivity contribution < 1.29 is 0 Å². The zero-order valence-corrected chi connectivity index (χ0v) is 5.02. The van der Waals surface area contributed by atoms with Crippen molar-refractivity contribution >= 4 is 0 Å². The highest BCUT2D eigenvalue weighted by molar-refractivity contribution is 5.22. The van der Waals surface area contributed by atoms with Gasteiger partial charge in [-0.1, -0.05) is 5.56 Å². The van der Waals surface area contributed by atoms with Gasteiger partial charge in [0, 0.05) is 0 Å². The van der Waals surface area contributed by atoms with Gasteiger partial charge in [0.05, 0.1) is 0 Å². The van der Waals surface area contributed by atoms with E-state index in [2.05, 4.69) is 26.0 Å². The molecule has 8 heavy (non-hydrogen) atoms. The van der Waals surface area contributed by atoms with Gasteiger partial charge >= 0.3 is 0 Å². The number of hydrogen-bond acceptors (Lipinski definition) is 0. The first-order valence-corrected chi connectivity index (χ1v) is 2.67. The standard InChI is InChI=1S/C8H9/c1-7-3-5-8(2)6-4-7/h3-6H,1H2,2H3/q-1. The van der Waals surface area contributed by atoms with Crippen LogP contribution in [0.5, 0.6) is 0 Å². The van der Waals surface area contributed by atoms with Gasteiger partial charge in [-0.15, -0.1) is 12.1 Å². The lowest BCUT2D eigenvalue weighted by Crippen LogP contribution is -1.70. The molecule has 0 bridgehead atoms. The first kappa shape index (κ1) is 5.23. The van der Waals surface area contributed by atoms with Crippen molar-refractivity contribution in [3.63, 3.8) is 0 Å². The van der Waals surface area contributed by atoms with Crippen LogP contribution < -0.4 is 0 Å². The fourth-order valence-electron chi connectivity index (χ4n) is 0.588. The van der Waals surface area contributed by atoms with Crippen LogP contribution in [0.15, 0.2) is 24.3 Å². The molecule has 0 atom stereocenters. The van der Waals surface area contributed by atoms with E-state index < -0.39 is 0 Å². The monoisotopic (exact) mass is 105 g/mol. The Kier molecular flexibility index (Phi) is 1.25. The molecule has 0 heteroatoms. The lowest BCUT2D eigenvalue weighted by molar-refractivity contribution is 1.45. The molecule has 0 fully saturated rings. The molecule has 42 valence electrons. The Morgan fingerprint density at radius 3 is 2.00 bits per heavy atom. The Morgan fingerprint density at radius 1 is 1.12 bits per heavy atom. The lowest BCUT2D eigenvalue weighted by Gasteiger charge is -1.98. The van der Waals surface area contributed by atoms with Crippen molar-refractivity contribution in [3.8, 4) is 0 Å². The Morgan fingerprint density at radius 2 is 1.62 bits per heavy atom. The minimum Gasteiger partial charge on any atom is -0.199 e. The molecule has 0 N–H and O–H groups in total. The average molecular weight is 105 g/mol. The maximum absolute atomic E-state index is 3.76. The van der Waals surface area contributed by atoms with Gasteiger partial charge in [-0.05, 0) is 6.92 Å². The van der Waals surface area contributed by atoms with Gasteiger partial charge in [0.15, 0.2) is 0 Å². The summed E-state index contributed by atoms with van der Waals surface area (Å²) in [6.07, 6.45) is 0. The maximum atomic E-state index is 3.76. The summed E-state index contributed by atoms with van der Waals surface area (Å²) in [5.74, 6) is 0. The fourth-order valence-corrected chi connectivity index (χ4v) is 0.588. The maximum Gasteiger partial charge on any atom is -0.0418 e. The number of benzene rings is 1. The summed E-state index contributed by atoms with van der Waals surface area (Å²) in [4.78, 5) is 0. The molecule has 1 aromatic carbocycles. The van der Waals surface area contributed by atoms with E-state index in [1.807, 2.05) is 12.1 Å². The summed E-state index contributed by atoms with van der Waals surface area (Å²) in [5, 5.41) is 0. The van der Waals surface area contributed by atoms with Crippen LogP contribution in [0.25, 0.3) is 0 Å². The Bertz CT molecular complexity index is 139. The third-order valence-electron chi connectivity index (χ3n) is 1.12. The molecule has 0 amide bonds. The molecule has 0 spiro atoms. The van der Waals surface area contributed by atoms with Crippen LogP contribution in [0.4, 0.5) is 0 Å². The zero-order valence-electron chi connectivity index (χ0n) is 5.02. The molecule has 0 aliphatic heterocycles. The van der Waals surface area contributed by atoms with E-state index >= 15 is 0 Å². The van der Waals surface area contributed by atoms with Crippen LogP contribution >= 0.6 is 0 Å². The van der Waals surface area contributed by atoms with E-state index in [9.17, 15) is 0 Å². The number of aryl methyl sites for hydroxylation is 1. The summed E-state index contributed by atoms with van der Waals surface area (Å²) >= 11 is 0. The van der Waals surface area contributed by atoms with Crippen molar-refractivity contribution in [1.29, 1.82) is 0 Å². The van der Waals surface area contributed by atoms with E-state index in [-0.39, 0.29) is 0 Å². The Labute approximate surface area is 50.2 Å². The topological polar surface area (TPSA) is 0 Å². The van der Waals surface area contributed by atoms with E-state index in [0.29, 0.717) is 0 Å². The van der Waals surface area contributed by atoms with Crippen molar-refractivity contribution in [2.45, 2.75) is 6.92 Å². The van der Waals surface area contributed by atoms with Crippen molar-refractivity contribution in [2.75, 3.05) is 0 Å². The molecule has 0 aliphatic carbocycles. The highest BCUT2D eigenvalue weighted by atomic mass is 13.9. The number of rotatable bonds is 0. The minimum atomic E-state index is 1.08. The van der Waals surface area contributed by atoms with Crippen LogP contribution in [0.2, 0.25) is 0 Å². The van der Waals surface area contributed by atoms with Crippen LogP contribution in [-0.4, -0.2) is 0 Å². The van der Waals surface area contributed by atoms with E-state index in [4.69, 9.17) is 0 Å². The Balaban J connectivity index is 3.03. The first-order chi connectivity index (χ1) is 3.79. The molecule has 0 unspecified atom stereocenters. The molecule has 1 aromatic rings. The van der Waals surface area contributed by atoms with Gasteiger partial charge in [0.1, 0.15) is 0 Å². The molecular formula is C8H9-. The molecule has 0 saturated heterocycles. The van der Waals surface area contributed by atoms with Gasteiger partial charge in [-0.3, -0.25) is 0 Å². The van der Waals surface area contributed by atoms with Crippen LogP contribution in [0.1, 0.15) is 11.1 Å². The normalized spacial score (nSPS) is 9.12. The third kappa shape index (κ3) is 1.03. The van der Waals surface area contributed by atoms with Crippen LogP contribution in [-0.2, 0) is 0 Å². The van der Waals surface area contributed by atoms with Crippen molar-refractivity contribution in [1.82, 2.24) is 0 Å². The van der Waals surface area contributed by atoms with Crippen LogP contribution in [0.3, 0.4) is 0 Å². The summed E-state index contributed by atoms with van der Waals surface area (Å²) in [5.41, 5.74) is 2.37. The second-order valence-electron chi connectivity index (χ2n) is 1.99. The molecule has 0 radical (unpaired) electrons. The SMILES string of the molecule is [CH2-]c1ccc(C)cc1. The fraction of sp³-hybridized carbons (Fsp3) is 0.125. The van der Waals surface area contributed by atoms with Gasteiger partial charge in [-0.2, -0.15) is 24.6 Å². The molecule has 0 heterocycles. The molecular weight excluding hydrogens is 96.1 g/mol. The average Bonchev–Trinajstić information content (AvgIpc) is 1.77. The third-order valence-corrected chi connectivity index (χ3v) is 1.12. The second-order valence-corrected chi connectivity index (χ2v) is 1.99. The van der Waals surface area contributed by atoms with Crippen LogP contribution in [0, 0.1) is 13.8 Å².